The van der Waals surface area contributed by atoms with Crippen molar-refractivity contribution < 1.29 is 19.0 Å². The van der Waals surface area contributed by atoms with Gasteiger partial charge in [0.25, 0.3) is 0 Å². The van der Waals surface area contributed by atoms with Crippen molar-refractivity contribution in [3.63, 3.8) is 0 Å². The Kier molecular flexibility index (Phi) is 3.90. The van der Waals surface area contributed by atoms with Gasteiger partial charge in [-0.25, -0.2) is 0 Å². The molecule has 0 saturated carbocycles. The molecule has 4 nitrogen and oxygen atoms in total. The number of rotatable bonds is 4. The maximum absolute atomic E-state index is 12.2. The van der Waals surface area contributed by atoms with E-state index < -0.39 is 0 Å². The standard InChI is InChI=1S/C15H18O4/c1-9(2)14(16)11-7-13(17-3)12-8-19-6-5-10(12)15(11)18-4/h7H,1,5-6,8H2,2-4H3. The van der Waals surface area contributed by atoms with Gasteiger partial charge < -0.3 is 14.2 Å². The third-order valence-corrected chi connectivity index (χ3v) is 3.25. The molecule has 0 radical (unpaired) electrons. The van der Waals surface area contributed by atoms with Crippen LogP contribution in [0.15, 0.2) is 18.2 Å². The molecule has 0 aromatic heterocycles. The zero-order valence-electron chi connectivity index (χ0n) is 11.5. The smallest absolute Gasteiger partial charge is 0.192 e. The van der Waals surface area contributed by atoms with Crippen LogP contribution in [0, 0.1) is 0 Å². The Morgan fingerprint density at radius 1 is 1.32 bits per heavy atom. The second-order valence-electron chi connectivity index (χ2n) is 4.53. The summed E-state index contributed by atoms with van der Waals surface area (Å²) in [5, 5.41) is 0. The lowest BCUT2D eigenvalue weighted by Gasteiger charge is -2.23. The molecule has 0 saturated heterocycles. The number of benzene rings is 1. The first-order valence-electron chi connectivity index (χ1n) is 6.14. The van der Waals surface area contributed by atoms with E-state index in [0.29, 0.717) is 42.3 Å². The molecule has 0 bridgehead atoms. The van der Waals surface area contributed by atoms with Gasteiger partial charge in [-0.15, -0.1) is 0 Å². The van der Waals surface area contributed by atoms with Gasteiger partial charge in [0.1, 0.15) is 11.5 Å². The zero-order chi connectivity index (χ0) is 14.0. The number of hydrogen-bond acceptors (Lipinski definition) is 4. The van der Waals surface area contributed by atoms with Crippen LogP contribution in [0.25, 0.3) is 0 Å². The molecule has 19 heavy (non-hydrogen) atoms. The predicted molar refractivity (Wildman–Crippen MR) is 72.1 cm³/mol. The van der Waals surface area contributed by atoms with Gasteiger partial charge in [-0.1, -0.05) is 6.58 Å². The van der Waals surface area contributed by atoms with Gasteiger partial charge in [0.15, 0.2) is 5.78 Å². The number of ether oxygens (including phenoxy) is 3. The van der Waals surface area contributed by atoms with E-state index in [-0.39, 0.29) is 5.78 Å². The molecule has 0 atom stereocenters. The van der Waals surface area contributed by atoms with Gasteiger partial charge >= 0.3 is 0 Å². The van der Waals surface area contributed by atoms with Crippen molar-refractivity contribution in [3.8, 4) is 11.5 Å². The molecule has 0 spiro atoms. The zero-order valence-corrected chi connectivity index (χ0v) is 11.5. The minimum atomic E-state index is -0.121. The molecule has 1 aliphatic heterocycles. The summed E-state index contributed by atoms with van der Waals surface area (Å²) in [5.74, 6) is 1.16. The summed E-state index contributed by atoms with van der Waals surface area (Å²) in [5.41, 5.74) is 2.95. The summed E-state index contributed by atoms with van der Waals surface area (Å²) in [6.45, 7) is 6.50. The minimum absolute atomic E-state index is 0.121. The van der Waals surface area contributed by atoms with Crippen LogP contribution in [0.4, 0.5) is 0 Å². The van der Waals surface area contributed by atoms with Gasteiger partial charge in [0, 0.05) is 11.1 Å². The first kappa shape index (κ1) is 13.6. The number of carbonyl (C=O) groups excluding carboxylic acids is 1. The van der Waals surface area contributed by atoms with Crippen LogP contribution in [0.3, 0.4) is 0 Å². The maximum atomic E-state index is 12.2. The predicted octanol–water partition coefficient (Wildman–Crippen LogP) is 2.54. The Hall–Kier alpha value is -1.81. The van der Waals surface area contributed by atoms with Crippen molar-refractivity contribution in [2.24, 2.45) is 0 Å². The van der Waals surface area contributed by atoms with Crippen LogP contribution in [0.5, 0.6) is 11.5 Å². The monoisotopic (exact) mass is 262 g/mol. The van der Waals surface area contributed by atoms with Gasteiger partial charge in [0.2, 0.25) is 0 Å². The molecular weight excluding hydrogens is 244 g/mol. The van der Waals surface area contributed by atoms with Crippen molar-refractivity contribution in [2.75, 3.05) is 20.8 Å². The summed E-state index contributed by atoms with van der Waals surface area (Å²) in [7, 11) is 3.17. The lowest BCUT2D eigenvalue weighted by Crippen LogP contribution is -2.15. The topological polar surface area (TPSA) is 44.8 Å². The van der Waals surface area contributed by atoms with E-state index in [9.17, 15) is 4.79 Å². The van der Waals surface area contributed by atoms with E-state index in [2.05, 4.69) is 6.58 Å². The number of Topliss-reactive ketones (excluding diaryl/α,β-unsaturated/α-hetero) is 1. The molecule has 1 heterocycles. The van der Waals surface area contributed by atoms with E-state index in [4.69, 9.17) is 14.2 Å². The second-order valence-corrected chi connectivity index (χ2v) is 4.53. The third-order valence-electron chi connectivity index (χ3n) is 3.25. The number of carbonyl (C=O) groups is 1. The molecule has 4 heteroatoms. The van der Waals surface area contributed by atoms with E-state index in [1.165, 1.54) is 0 Å². The SMILES string of the molecule is C=C(C)C(=O)c1cc(OC)c2c(c1OC)CCOC2. The van der Waals surface area contributed by atoms with Crippen LogP contribution < -0.4 is 9.47 Å². The van der Waals surface area contributed by atoms with Crippen molar-refractivity contribution in [3.05, 3.63) is 34.9 Å². The molecule has 0 fully saturated rings. The largest absolute Gasteiger partial charge is 0.496 e. The lowest BCUT2D eigenvalue weighted by atomic mass is 9.94. The molecule has 1 aromatic carbocycles. The maximum Gasteiger partial charge on any atom is 0.192 e. The van der Waals surface area contributed by atoms with E-state index in [0.717, 1.165) is 11.1 Å². The molecule has 0 amide bonds. The number of allylic oxidation sites excluding steroid dienone is 1. The first-order valence-corrected chi connectivity index (χ1v) is 6.14. The normalized spacial score (nSPS) is 13.6. The molecule has 102 valence electrons. The molecule has 0 N–H and O–H groups in total. The quantitative estimate of drug-likeness (QED) is 0.618. The highest BCUT2D eigenvalue weighted by Crippen LogP contribution is 2.38. The van der Waals surface area contributed by atoms with E-state index >= 15 is 0 Å². The fourth-order valence-corrected chi connectivity index (χ4v) is 2.32. The number of hydrogen-bond donors (Lipinski definition) is 0. The van der Waals surface area contributed by atoms with Crippen LogP contribution >= 0.6 is 0 Å². The summed E-state index contributed by atoms with van der Waals surface area (Å²) in [6, 6.07) is 1.71. The minimum Gasteiger partial charge on any atom is -0.496 e. The summed E-state index contributed by atoms with van der Waals surface area (Å²) < 4.78 is 16.3. The van der Waals surface area contributed by atoms with Gasteiger partial charge in [-0.2, -0.15) is 0 Å². The van der Waals surface area contributed by atoms with Crippen molar-refractivity contribution in [2.45, 2.75) is 20.0 Å². The highest BCUT2D eigenvalue weighted by Gasteiger charge is 2.25. The van der Waals surface area contributed by atoms with Gasteiger partial charge in [-0.05, 0) is 25.0 Å². The Morgan fingerprint density at radius 3 is 2.63 bits per heavy atom. The molecule has 1 aliphatic rings. The highest BCUT2D eigenvalue weighted by molar-refractivity contribution is 6.10. The average molecular weight is 262 g/mol. The summed E-state index contributed by atoms with van der Waals surface area (Å²) in [6.07, 6.45) is 0.714. The van der Waals surface area contributed by atoms with Crippen molar-refractivity contribution in [1.29, 1.82) is 0 Å². The Morgan fingerprint density at radius 2 is 2.05 bits per heavy atom. The molecular formula is C15H18O4. The molecule has 1 aromatic rings. The van der Waals surface area contributed by atoms with E-state index in [1.807, 2.05) is 0 Å². The fourth-order valence-electron chi connectivity index (χ4n) is 2.32. The molecule has 0 aliphatic carbocycles. The van der Waals surface area contributed by atoms with Crippen LogP contribution in [0.1, 0.15) is 28.4 Å². The Labute approximate surface area is 113 Å². The van der Waals surface area contributed by atoms with Crippen molar-refractivity contribution >= 4 is 5.78 Å². The Balaban J connectivity index is 2.67. The molecule has 0 unspecified atom stereocenters. The van der Waals surface area contributed by atoms with E-state index in [1.54, 1.807) is 27.2 Å². The number of ketones is 1. The van der Waals surface area contributed by atoms with Crippen molar-refractivity contribution in [1.82, 2.24) is 0 Å². The summed E-state index contributed by atoms with van der Waals surface area (Å²) >= 11 is 0. The Bertz CT molecular complexity index is 531. The number of fused-ring (bicyclic) bond motifs is 1. The third kappa shape index (κ3) is 2.36. The van der Waals surface area contributed by atoms with Gasteiger partial charge in [-0.3, -0.25) is 4.79 Å². The second kappa shape index (κ2) is 5.45. The van der Waals surface area contributed by atoms with Crippen LogP contribution in [-0.4, -0.2) is 26.6 Å². The summed E-state index contributed by atoms with van der Waals surface area (Å²) in [4.78, 5) is 12.2. The van der Waals surface area contributed by atoms with Crippen LogP contribution in [0.2, 0.25) is 0 Å². The first-order chi connectivity index (χ1) is 9.10. The fraction of sp³-hybridized carbons (Fsp3) is 0.400. The van der Waals surface area contributed by atoms with Crippen LogP contribution in [-0.2, 0) is 17.8 Å². The lowest BCUT2D eigenvalue weighted by molar-refractivity contribution is 0.101. The average Bonchev–Trinajstić information content (AvgIpc) is 2.44. The molecule has 2 rings (SSSR count). The van der Waals surface area contributed by atoms with Gasteiger partial charge in [0.05, 0.1) is 33.0 Å². The highest BCUT2D eigenvalue weighted by atomic mass is 16.5. The number of methoxy groups -OCH3 is 2.